The number of benzene rings is 1. The summed E-state index contributed by atoms with van der Waals surface area (Å²) in [5.74, 6) is 0.330. The van der Waals surface area contributed by atoms with Gasteiger partial charge >= 0.3 is 0 Å². The van der Waals surface area contributed by atoms with Crippen LogP contribution in [0.5, 0.6) is 0 Å². The molecule has 0 bridgehead atoms. The molecule has 0 aliphatic rings. The summed E-state index contributed by atoms with van der Waals surface area (Å²) in [4.78, 5) is 3.40. The predicted octanol–water partition coefficient (Wildman–Crippen LogP) is 4.07. The zero-order chi connectivity index (χ0) is 9.42. The molecule has 68 valence electrons. The second-order valence-corrected chi connectivity index (χ2v) is 4.48. The molecule has 5 heteroatoms. The van der Waals surface area contributed by atoms with Crippen LogP contribution in [-0.2, 0) is 0 Å². The first-order chi connectivity index (χ1) is 6.16. The summed E-state index contributed by atoms with van der Waals surface area (Å²) in [5, 5.41) is 0. The number of oxazole rings is 1. The van der Waals surface area contributed by atoms with Crippen molar-refractivity contribution in [3.05, 3.63) is 28.6 Å². The Kier molecular flexibility index (Phi) is 2.49. The third-order valence-corrected chi connectivity index (χ3v) is 2.42. The van der Waals surface area contributed by atoms with E-state index in [1.54, 1.807) is 0 Å². The van der Waals surface area contributed by atoms with Crippen LogP contribution >= 0.6 is 39.1 Å². The molecule has 0 N–H and O–H groups in total. The topological polar surface area (TPSA) is 26.0 Å². The molecule has 0 atom stereocenters. The van der Waals surface area contributed by atoms with Crippen molar-refractivity contribution in [2.75, 3.05) is 0 Å². The number of nitrogens with zero attached hydrogens (tertiary/aromatic N) is 1. The molecule has 2 aromatic rings. The first-order valence-corrected chi connectivity index (χ1v) is 5.17. The Morgan fingerprint density at radius 3 is 2.85 bits per heavy atom. The number of hydrogen-bond acceptors (Lipinski definition) is 2. The lowest BCUT2D eigenvalue weighted by Gasteiger charge is -1.88. The van der Waals surface area contributed by atoms with Gasteiger partial charge in [-0.3, -0.25) is 0 Å². The van der Waals surface area contributed by atoms with Crippen LogP contribution in [0, 0.1) is 0 Å². The molecule has 13 heavy (non-hydrogen) atoms. The number of rotatable bonds is 1. The van der Waals surface area contributed by atoms with Gasteiger partial charge in [0.25, 0.3) is 0 Å². The highest BCUT2D eigenvalue weighted by molar-refractivity contribution is 9.10. The van der Waals surface area contributed by atoms with Gasteiger partial charge in [0.05, 0.1) is 0 Å². The molecule has 0 aliphatic heterocycles. The first kappa shape index (κ1) is 9.31. The molecule has 2 rings (SSSR count). The van der Waals surface area contributed by atoms with Gasteiger partial charge in [0.15, 0.2) is 10.4 Å². The Morgan fingerprint density at radius 2 is 2.15 bits per heavy atom. The van der Waals surface area contributed by atoms with Crippen molar-refractivity contribution in [1.29, 1.82) is 0 Å². The van der Waals surface area contributed by atoms with E-state index in [9.17, 15) is 0 Å². The van der Waals surface area contributed by atoms with E-state index >= 15 is 0 Å². The zero-order valence-corrected chi connectivity index (χ0v) is 9.40. The van der Waals surface area contributed by atoms with Crippen LogP contribution in [0.4, 0.5) is 0 Å². The van der Waals surface area contributed by atoms with E-state index in [-0.39, 0.29) is 0 Å². The maximum Gasteiger partial charge on any atom is 0.228 e. The highest BCUT2D eigenvalue weighted by Crippen LogP contribution is 2.28. The molecule has 0 saturated carbocycles. The Labute approximate surface area is 93.0 Å². The van der Waals surface area contributed by atoms with E-state index in [1.165, 1.54) is 0 Å². The minimum absolute atomic E-state index is 0.330. The molecule has 0 saturated heterocycles. The molecular weight excluding hydrogens is 277 g/mol. The third-order valence-electron chi connectivity index (χ3n) is 1.55. The Balaban J connectivity index is 2.62. The molecule has 1 heterocycles. The molecule has 0 radical (unpaired) electrons. The fraction of sp³-hybridized carbons (Fsp3) is 0.125. The van der Waals surface area contributed by atoms with Crippen LogP contribution in [0.15, 0.2) is 27.1 Å². The van der Waals surface area contributed by atoms with Gasteiger partial charge in [0.1, 0.15) is 5.52 Å². The zero-order valence-electron chi connectivity index (χ0n) is 6.30. The van der Waals surface area contributed by atoms with Crippen molar-refractivity contribution >= 4 is 50.2 Å². The van der Waals surface area contributed by atoms with Crippen molar-refractivity contribution in [3.8, 4) is 0 Å². The minimum atomic E-state index is -0.717. The lowest BCUT2D eigenvalue weighted by molar-refractivity contribution is 0.550. The number of alkyl halides is 2. The smallest absolute Gasteiger partial charge is 0.228 e. The Morgan fingerprint density at radius 1 is 1.38 bits per heavy atom. The van der Waals surface area contributed by atoms with E-state index < -0.39 is 4.84 Å². The van der Waals surface area contributed by atoms with Crippen molar-refractivity contribution in [2.24, 2.45) is 0 Å². The summed E-state index contributed by atoms with van der Waals surface area (Å²) in [6, 6.07) is 5.53. The highest BCUT2D eigenvalue weighted by Gasteiger charge is 2.12. The van der Waals surface area contributed by atoms with Gasteiger partial charge in [0, 0.05) is 4.47 Å². The van der Waals surface area contributed by atoms with Crippen molar-refractivity contribution in [1.82, 2.24) is 4.98 Å². The van der Waals surface area contributed by atoms with Crippen LogP contribution < -0.4 is 0 Å². The number of hydrogen-bond donors (Lipinski definition) is 0. The van der Waals surface area contributed by atoms with E-state index in [0.29, 0.717) is 11.5 Å². The second kappa shape index (κ2) is 3.48. The van der Waals surface area contributed by atoms with Gasteiger partial charge < -0.3 is 4.42 Å². The lowest BCUT2D eigenvalue weighted by Crippen LogP contribution is -1.78. The molecule has 0 amide bonds. The first-order valence-electron chi connectivity index (χ1n) is 3.51. The summed E-state index contributed by atoms with van der Waals surface area (Å²) in [5.41, 5.74) is 1.43. The molecule has 0 fully saturated rings. The summed E-state index contributed by atoms with van der Waals surface area (Å²) >= 11 is 14.6. The lowest BCUT2D eigenvalue weighted by atomic mass is 10.3. The van der Waals surface area contributed by atoms with E-state index in [2.05, 4.69) is 20.9 Å². The van der Waals surface area contributed by atoms with E-state index in [4.69, 9.17) is 27.6 Å². The van der Waals surface area contributed by atoms with E-state index in [1.807, 2.05) is 18.2 Å². The molecule has 1 aromatic heterocycles. The summed E-state index contributed by atoms with van der Waals surface area (Å²) in [6.07, 6.45) is 0. The van der Waals surface area contributed by atoms with Gasteiger partial charge in [-0.2, -0.15) is 0 Å². The largest absolute Gasteiger partial charge is 0.438 e. The normalized spacial score (nSPS) is 11.4. The highest BCUT2D eigenvalue weighted by atomic mass is 79.9. The van der Waals surface area contributed by atoms with Gasteiger partial charge in [-0.25, -0.2) is 4.98 Å². The monoisotopic (exact) mass is 279 g/mol. The van der Waals surface area contributed by atoms with Crippen LogP contribution in [0.1, 0.15) is 10.7 Å². The van der Waals surface area contributed by atoms with E-state index in [0.717, 1.165) is 9.99 Å². The average Bonchev–Trinajstić information content (AvgIpc) is 2.46. The SMILES string of the molecule is ClC(Cl)c1nc2cc(Br)ccc2o1. The minimum Gasteiger partial charge on any atom is -0.438 e. The summed E-state index contributed by atoms with van der Waals surface area (Å²) in [6.45, 7) is 0. The average molecular weight is 281 g/mol. The summed E-state index contributed by atoms with van der Waals surface area (Å²) < 4.78 is 6.23. The third kappa shape index (κ3) is 1.82. The number of fused-ring (bicyclic) bond motifs is 1. The molecule has 0 unspecified atom stereocenters. The fourth-order valence-corrected chi connectivity index (χ4v) is 1.55. The van der Waals surface area contributed by atoms with Gasteiger partial charge in [-0.15, -0.1) is 0 Å². The standard InChI is InChI=1S/C8H4BrCl2NO/c9-4-1-2-6-5(3-4)12-8(13-6)7(10)11/h1-3,7H. The molecule has 1 aromatic carbocycles. The van der Waals surface area contributed by atoms with Crippen molar-refractivity contribution in [2.45, 2.75) is 4.84 Å². The van der Waals surface area contributed by atoms with Crippen molar-refractivity contribution in [3.63, 3.8) is 0 Å². The van der Waals surface area contributed by atoms with Crippen LogP contribution in [-0.4, -0.2) is 4.98 Å². The number of aromatic nitrogens is 1. The molecular formula is C8H4BrCl2NO. The van der Waals surface area contributed by atoms with Crippen LogP contribution in [0.3, 0.4) is 0 Å². The van der Waals surface area contributed by atoms with Gasteiger partial charge in [0.2, 0.25) is 5.89 Å². The Hall–Kier alpha value is -0.250. The van der Waals surface area contributed by atoms with Gasteiger partial charge in [-0.1, -0.05) is 39.1 Å². The molecule has 0 spiro atoms. The maximum absolute atomic E-state index is 5.61. The quantitative estimate of drug-likeness (QED) is 0.736. The number of halogens is 3. The van der Waals surface area contributed by atoms with Crippen LogP contribution in [0.2, 0.25) is 0 Å². The van der Waals surface area contributed by atoms with Crippen LogP contribution in [0.25, 0.3) is 11.1 Å². The fourth-order valence-electron chi connectivity index (χ4n) is 1.01. The van der Waals surface area contributed by atoms with Crippen molar-refractivity contribution < 1.29 is 4.42 Å². The maximum atomic E-state index is 5.61. The molecule has 2 nitrogen and oxygen atoms in total. The van der Waals surface area contributed by atoms with Gasteiger partial charge in [-0.05, 0) is 18.2 Å². The predicted molar refractivity (Wildman–Crippen MR) is 56.2 cm³/mol. The second-order valence-electron chi connectivity index (χ2n) is 2.46. The Bertz CT molecular complexity index is 441. The summed E-state index contributed by atoms with van der Waals surface area (Å²) in [7, 11) is 0. The molecule has 0 aliphatic carbocycles.